The van der Waals surface area contributed by atoms with E-state index in [1.807, 2.05) is 29.6 Å². The summed E-state index contributed by atoms with van der Waals surface area (Å²) >= 11 is 1.40. The van der Waals surface area contributed by atoms with Gasteiger partial charge in [-0.1, -0.05) is 24.3 Å². The number of imidazole rings is 1. The molecule has 0 fully saturated rings. The van der Waals surface area contributed by atoms with Crippen molar-refractivity contribution in [1.29, 1.82) is 0 Å². The van der Waals surface area contributed by atoms with Crippen molar-refractivity contribution in [2.45, 2.75) is 0 Å². The molecule has 0 saturated carbocycles. The molecule has 0 aliphatic rings. The lowest BCUT2D eigenvalue weighted by Crippen LogP contribution is -1.95. The number of nitro groups is 1. The van der Waals surface area contributed by atoms with Crippen molar-refractivity contribution in [3.8, 4) is 28.3 Å². The van der Waals surface area contributed by atoms with Gasteiger partial charge in [0.15, 0.2) is 11.2 Å². The summed E-state index contributed by atoms with van der Waals surface area (Å²) in [6.07, 6.45) is 0.727. The molecule has 0 aliphatic heterocycles. The van der Waals surface area contributed by atoms with Gasteiger partial charge in [0.05, 0.1) is 17.7 Å². The van der Waals surface area contributed by atoms with Gasteiger partial charge in [-0.05, 0) is 12.1 Å². The topological polar surface area (TPSA) is 86.7 Å². The van der Waals surface area contributed by atoms with Crippen LogP contribution < -0.4 is 4.74 Å². The van der Waals surface area contributed by atoms with E-state index in [-0.39, 0.29) is 5.69 Å². The maximum absolute atomic E-state index is 11.9. The van der Waals surface area contributed by atoms with Crippen LogP contribution in [-0.4, -0.2) is 27.7 Å². The minimum atomic E-state index is -0.468. The Kier molecular flexibility index (Phi) is 4.17. The SMILES string of the molecule is COc1cccc(-c2csc3nc(-c4cccc([N+](=O)[O-])c4)c(C=O)n23)c1. The van der Waals surface area contributed by atoms with Gasteiger partial charge in [0.1, 0.15) is 17.1 Å². The van der Waals surface area contributed by atoms with Crippen LogP contribution in [0.4, 0.5) is 5.69 Å². The fraction of sp³-hybridized carbons (Fsp3) is 0.0526. The first-order chi connectivity index (χ1) is 13.1. The summed E-state index contributed by atoms with van der Waals surface area (Å²) in [5.74, 6) is 0.707. The van der Waals surface area contributed by atoms with Crippen molar-refractivity contribution in [3.05, 3.63) is 69.7 Å². The second kappa shape index (κ2) is 6.65. The zero-order chi connectivity index (χ0) is 19.0. The van der Waals surface area contributed by atoms with Crippen molar-refractivity contribution in [1.82, 2.24) is 9.38 Å². The minimum absolute atomic E-state index is 0.0475. The van der Waals surface area contributed by atoms with Crippen LogP contribution in [0, 0.1) is 10.1 Å². The monoisotopic (exact) mass is 379 g/mol. The molecule has 0 radical (unpaired) electrons. The summed E-state index contributed by atoms with van der Waals surface area (Å²) in [6, 6.07) is 13.6. The van der Waals surface area contributed by atoms with E-state index >= 15 is 0 Å². The summed E-state index contributed by atoms with van der Waals surface area (Å²) in [5.41, 5.74) is 2.94. The molecule has 2 aromatic heterocycles. The molecule has 0 atom stereocenters. The van der Waals surface area contributed by atoms with Crippen LogP contribution in [0.15, 0.2) is 53.9 Å². The van der Waals surface area contributed by atoms with Gasteiger partial charge >= 0.3 is 0 Å². The average Bonchev–Trinajstić information content (AvgIpc) is 3.27. The molecule has 27 heavy (non-hydrogen) atoms. The highest BCUT2D eigenvalue weighted by Gasteiger charge is 2.20. The van der Waals surface area contributed by atoms with Crippen LogP contribution in [-0.2, 0) is 0 Å². The normalized spacial score (nSPS) is 10.9. The van der Waals surface area contributed by atoms with Gasteiger partial charge < -0.3 is 4.74 Å². The number of hydrogen-bond acceptors (Lipinski definition) is 6. The number of benzene rings is 2. The van der Waals surface area contributed by atoms with Gasteiger partial charge in [-0.3, -0.25) is 19.3 Å². The number of ether oxygens (including phenoxy) is 1. The number of carbonyl (C=O) groups excluding carboxylic acids is 1. The number of nitrogens with zero attached hydrogens (tertiary/aromatic N) is 3. The van der Waals surface area contributed by atoms with Gasteiger partial charge in [-0.15, -0.1) is 11.3 Å². The fourth-order valence-electron chi connectivity index (χ4n) is 2.95. The maximum atomic E-state index is 11.9. The first-order valence-corrected chi connectivity index (χ1v) is 8.84. The van der Waals surface area contributed by atoms with E-state index in [9.17, 15) is 14.9 Å². The zero-order valence-corrected chi connectivity index (χ0v) is 15.0. The summed E-state index contributed by atoms with van der Waals surface area (Å²) in [7, 11) is 1.59. The molecule has 4 rings (SSSR count). The third-order valence-electron chi connectivity index (χ3n) is 4.21. The van der Waals surface area contributed by atoms with Crippen LogP contribution in [0.5, 0.6) is 5.75 Å². The average molecular weight is 379 g/mol. The third-order valence-corrected chi connectivity index (χ3v) is 5.03. The van der Waals surface area contributed by atoms with Crippen molar-refractivity contribution < 1.29 is 14.5 Å². The molecule has 0 N–H and O–H groups in total. The number of thiazole rings is 1. The largest absolute Gasteiger partial charge is 0.497 e. The maximum Gasteiger partial charge on any atom is 0.270 e. The first-order valence-electron chi connectivity index (χ1n) is 7.96. The Morgan fingerprint density at radius 2 is 1.96 bits per heavy atom. The number of carbonyl (C=O) groups is 1. The lowest BCUT2D eigenvalue weighted by atomic mass is 10.1. The van der Waals surface area contributed by atoms with E-state index in [0.29, 0.717) is 27.7 Å². The van der Waals surface area contributed by atoms with Gasteiger partial charge in [-0.2, -0.15) is 0 Å². The molecule has 0 aliphatic carbocycles. The lowest BCUT2D eigenvalue weighted by Gasteiger charge is -2.05. The van der Waals surface area contributed by atoms with E-state index in [0.717, 1.165) is 17.5 Å². The quantitative estimate of drug-likeness (QED) is 0.290. The first kappa shape index (κ1) is 16.9. The highest BCUT2D eigenvalue weighted by molar-refractivity contribution is 7.15. The summed E-state index contributed by atoms with van der Waals surface area (Å²) in [6.45, 7) is 0. The number of aromatic nitrogens is 2. The van der Waals surface area contributed by atoms with Gasteiger partial charge in [0, 0.05) is 28.6 Å². The van der Waals surface area contributed by atoms with E-state index in [1.54, 1.807) is 23.6 Å². The van der Waals surface area contributed by atoms with Crippen LogP contribution in [0.3, 0.4) is 0 Å². The Hall–Kier alpha value is -3.52. The van der Waals surface area contributed by atoms with Crippen LogP contribution >= 0.6 is 11.3 Å². The fourth-order valence-corrected chi connectivity index (χ4v) is 3.86. The number of hydrogen-bond donors (Lipinski definition) is 0. The molecular formula is C19H13N3O4S. The number of aldehydes is 1. The summed E-state index contributed by atoms with van der Waals surface area (Å²) in [4.78, 5) is 27.7. The number of fused-ring (bicyclic) bond motifs is 1. The minimum Gasteiger partial charge on any atom is -0.497 e. The molecule has 2 aromatic carbocycles. The molecular weight excluding hydrogens is 366 g/mol. The Morgan fingerprint density at radius 1 is 1.19 bits per heavy atom. The molecule has 0 amide bonds. The zero-order valence-electron chi connectivity index (χ0n) is 14.2. The molecule has 0 saturated heterocycles. The Labute approximate surface area is 157 Å². The standard InChI is InChI=1S/C19H13N3O4S/c1-26-15-7-3-4-12(9-15)17-11-27-19-20-18(16(10-23)21(17)19)13-5-2-6-14(8-13)22(24)25/h2-11H,1H3. The van der Waals surface area contributed by atoms with Gasteiger partial charge in [-0.25, -0.2) is 4.98 Å². The van der Waals surface area contributed by atoms with Crippen LogP contribution in [0.1, 0.15) is 10.5 Å². The van der Waals surface area contributed by atoms with Crippen molar-refractivity contribution in [2.24, 2.45) is 0 Å². The second-order valence-corrected chi connectivity index (χ2v) is 6.58. The second-order valence-electron chi connectivity index (χ2n) is 5.74. The number of methoxy groups -OCH3 is 1. The van der Waals surface area contributed by atoms with Crippen LogP contribution in [0.2, 0.25) is 0 Å². The van der Waals surface area contributed by atoms with E-state index in [4.69, 9.17) is 4.74 Å². The summed E-state index contributed by atoms with van der Waals surface area (Å²) < 4.78 is 7.04. The molecule has 0 unspecified atom stereocenters. The Morgan fingerprint density at radius 3 is 2.70 bits per heavy atom. The number of non-ortho nitro benzene ring substituents is 1. The molecule has 7 nitrogen and oxygen atoms in total. The Bertz CT molecular complexity index is 1180. The predicted molar refractivity (Wildman–Crippen MR) is 103 cm³/mol. The predicted octanol–water partition coefficient (Wildman–Crippen LogP) is 4.46. The molecule has 0 spiro atoms. The van der Waals surface area contributed by atoms with Gasteiger partial charge in [0.2, 0.25) is 0 Å². The molecule has 4 aromatic rings. The van der Waals surface area contributed by atoms with Crippen molar-refractivity contribution in [2.75, 3.05) is 7.11 Å². The number of rotatable bonds is 5. The highest BCUT2D eigenvalue weighted by atomic mass is 32.1. The smallest absolute Gasteiger partial charge is 0.270 e. The molecule has 8 heteroatoms. The molecule has 134 valence electrons. The van der Waals surface area contributed by atoms with Crippen LogP contribution in [0.25, 0.3) is 27.5 Å². The van der Waals surface area contributed by atoms with E-state index in [1.165, 1.54) is 23.5 Å². The van der Waals surface area contributed by atoms with E-state index in [2.05, 4.69) is 4.98 Å². The Balaban J connectivity index is 1.93. The van der Waals surface area contributed by atoms with Crippen molar-refractivity contribution in [3.63, 3.8) is 0 Å². The molecule has 0 bridgehead atoms. The summed E-state index contributed by atoms with van der Waals surface area (Å²) in [5, 5.41) is 13.0. The highest BCUT2D eigenvalue weighted by Crippen LogP contribution is 2.34. The number of nitro benzene ring substituents is 1. The molecule has 2 heterocycles. The lowest BCUT2D eigenvalue weighted by molar-refractivity contribution is -0.384. The van der Waals surface area contributed by atoms with Gasteiger partial charge in [0.25, 0.3) is 5.69 Å². The van der Waals surface area contributed by atoms with E-state index < -0.39 is 4.92 Å². The third kappa shape index (κ3) is 2.85. The van der Waals surface area contributed by atoms with Crippen molar-refractivity contribution >= 4 is 28.3 Å².